The summed E-state index contributed by atoms with van der Waals surface area (Å²) in [5.41, 5.74) is 0. The molecular formula is C12H19NO. The number of likely N-dealkylation sites (tertiary alicyclic amines) is 1. The van der Waals surface area contributed by atoms with Gasteiger partial charge in [-0.2, -0.15) is 0 Å². The number of rotatable bonds is 1. The lowest BCUT2D eigenvalue weighted by Gasteiger charge is -2.27. The van der Waals surface area contributed by atoms with Crippen LogP contribution in [0.5, 0.6) is 0 Å². The lowest BCUT2D eigenvalue weighted by molar-refractivity contribution is -0.122. The molecule has 0 amide bonds. The molecule has 3 rings (SSSR count). The number of carbonyl (C=O) groups excluding carboxylic acids is 1. The summed E-state index contributed by atoms with van der Waals surface area (Å²) in [5, 5.41) is 0. The van der Waals surface area contributed by atoms with Gasteiger partial charge in [0.05, 0.1) is 6.04 Å². The van der Waals surface area contributed by atoms with Crippen molar-refractivity contribution in [1.82, 2.24) is 4.90 Å². The van der Waals surface area contributed by atoms with Crippen LogP contribution in [-0.2, 0) is 4.79 Å². The topological polar surface area (TPSA) is 20.3 Å². The van der Waals surface area contributed by atoms with E-state index < -0.39 is 0 Å². The van der Waals surface area contributed by atoms with Crippen molar-refractivity contribution < 1.29 is 4.79 Å². The average molecular weight is 193 g/mol. The minimum Gasteiger partial charge on any atom is -0.298 e. The monoisotopic (exact) mass is 193 g/mol. The maximum atomic E-state index is 11.6. The Hall–Kier alpha value is -0.370. The van der Waals surface area contributed by atoms with Gasteiger partial charge in [0.25, 0.3) is 0 Å². The third kappa shape index (κ3) is 0.979. The van der Waals surface area contributed by atoms with E-state index in [1.807, 2.05) is 0 Å². The van der Waals surface area contributed by atoms with E-state index in [1.54, 1.807) is 6.92 Å². The van der Waals surface area contributed by atoms with Gasteiger partial charge in [-0.15, -0.1) is 0 Å². The third-order valence-electron chi connectivity index (χ3n) is 4.91. The zero-order valence-corrected chi connectivity index (χ0v) is 9.07. The Labute approximate surface area is 85.7 Å². The molecule has 3 aliphatic rings. The van der Waals surface area contributed by atoms with Gasteiger partial charge in [-0.05, 0) is 56.9 Å². The highest BCUT2D eigenvalue weighted by Crippen LogP contribution is 2.57. The molecule has 2 saturated carbocycles. The van der Waals surface area contributed by atoms with Gasteiger partial charge in [-0.1, -0.05) is 0 Å². The second-order valence-corrected chi connectivity index (χ2v) is 5.57. The molecular weight excluding hydrogens is 174 g/mol. The van der Waals surface area contributed by atoms with Crippen LogP contribution in [0.25, 0.3) is 0 Å². The van der Waals surface area contributed by atoms with Gasteiger partial charge in [0, 0.05) is 6.54 Å². The Morgan fingerprint density at radius 2 is 2.00 bits per heavy atom. The Morgan fingerprint density at radius 1 is 1.29 bits per heavy atom. The molecule has 14 heavy (non-hydrogen) atoms. The standard InChI is InChI=1S/C12H19NO/c1-7(14)12-11-9-4-3-8(5-9)10(11)6-13(12)2/h8-12H,3-6H2,1-2H3. The third-order valence-corrected chi connectivity index (χ3v) is 4.91. The minimum atomic E-state index is 0.260. The van der Waals surface area contributed by atoms with Crippen molar-refractivity contribution in [2.45, 2.75) is 32.2 Å². The van der Waals surface area contributed by atoms with E-state index in [9.17, 15) is 4.79 Å². The first-order chi connectivity index (χ1) is 6.68. The Bertz CT molecular complexity index is 275. The zero-order chi connectivity index (χ0) is 9.87. The molecule has 1 heterocycles. The molecule has 2 aliphatic carbocycles. The molecule has 0 aromatic carbocycles. The smallest absolute Gasteiger partial charge is 0.147 e. The van der Waals surface area contributed by atoms with E-state index >= 15 is 0 Å². The molecule has 1 aliphatic heterocycles. The maximum Gasteiger partial charge on any atom is 0.147 e. The summed E-state index contributed by atoms with van der Waals surface area (Å²) in [6, 6.07) is 0.260. The molecule has 1 saturated heterocycles. The molecule has 0 aromatic rings. The van der Waals surface area contributed by atoms with Crippen LogP contribution in [-0.4, -0.2) is 30.3 Å². The molecule has 5 atom stereocenters. The van der Waals surface area contributed by atoms with E-state index in [4.69, 9.17) is 0 Å². The molecule has 0 radical (unpaired) electrons. The van der Waals surface area contributed by atoms with Crippen molar-refractivity contribution in [3.05, 3.63) is 0 Å². The first-order valence-corrected chi connectivity index (χ1v) is 5.89. The fraction of sp³-hybridized carbons (Fsp3) is 0.917. The van der Waals surface area contributed by atoms with Crippen LogP contribution in [0.3, 0.4) is 0 Å². The number of hydrogen-bond acceptors (Lipinski definition) is 2. The van der Waals surface area contributed by atoms with Crippen molar-refractivity contribution in [2.24, 2.45) is 23.7 Å². The number of Topliss-reactive ketones (excluding diaryl/α,β-unsaturated/α-hetero) is 1. The normalized spacial score (nSPS) is 51.1. The number of hydrogen-bond donors (Lipinski definition) is 0. The van der Waals surface area contributed by atoms with Gasteiger partial charge >= 0.3 is 0 Å². The van der Waals surface area contributed by atoms with Gasteiger partial charge < -0.3 is 0 Å². The molecule has 3 fully saturated rings. The Morgan fingerprint density at radius 3 is 2.71 bits per heavy atom. The van der Waals surface area contributed by atoms with Crippen LogP contribution < -0.4 is 0 Å². The van der Waals surface area contributed by atoms with Crippen LogP contribution in [0.1, 0.15) is 26.2 Å². The fourth-order valence-corrected chi connectivity index (χ4v) is 4.54. The van der Waals surface area contributed by atoms with E-state index in [-0.39, 0.29) is 6.04 Å². The highest BCUT2D eigenvalue weighted by Gasteiger charge is 2.56. The first-order valence-electron chi connectivity index (χ1n) is 5.89. The van der Waals surface area contributed by atoms with Crippen molar-refractivity contribution in [1.29, 1.82) is 0 Å². The Kier molecular flexibility index (Phi) is 1.79. The first kappa shape index (κ1) is 8.90. The van der Waals surface area contributed by atoms with Crippen LogP contribution in [0, 0.1) is 23.7 Å². The molecule has 2 bridgehead atoms. The molecule has 2 nitrogen and oxygen atoms in total. The predicted molar refractivity (Wildman–Crippen MR) is 54.9 cm³/mol. The van der Waals surface area contributed by atoms with Gasteiger partial charge in [-0.3, -0.25) is 9.69 Å². The molecule has 78 valence electrons. The quantitative estimate of drug-likeness (QED) is 0.630. The van der Waals surface area contributed by atoms with Gasteiger partial charge in [-0.25, -0.2) is 0 Å². The fourth-order valence-electron chi connectivity index (χ4n) is 4.54. The SMILES string of the molecule is CC(=O)C1C2C3CCC(C3)C2CN1C. The summed E-state index contributed by atoms with van der Waals surface area (Å²) in [7, 11) is 2.13. The maximum absolute atomic E-state index is 11.6. The van der Waals surface area contributed by atoms with Gasteiger partial charge in [0.2, 0.25) is 0 Å². The molecule has 0 aromatic heterocycles. The summed E-state index contributed by atoms with van der Waals surface area (Å²) in [6.07, 6.45) is 4.25. The largest absolute Gasteiger partial charge is 0.298 e. The lowest BCUT2D eigenvalue weighted by atomic mass is 9.77. The highest BCUT2D eigenvalue weighted by atomic mass is 16.1. The van der Waals surface area contributed by atoms with Crippen LogP contribution in [0.15, 0.2) is 0 Å². The van der Waals surface area contributed by atoms with Crippen LogP contribution >= 0.6 is 0 Å². The lowest BCUT2D eigenvalue weighted by Crippen LogP contribution is -2.38. The Balaban J connectivity index is 1.91. The molecule has 2 heteroatoms. The van der Waals surface area contributed by atoms with E-state index in [1.165, 1.54) is 25.8 Å². The number of ketones is 1. The second-order valence-electron chi connectivity index (χ2n) is 5.57. The van der Waals surface area contributed by atoms with E-state index in [2.05, 4.69) is 11.9 Å². The van der Waals surface area contributed by atoms with Crippen molar-refractivity contribution in [3.8, 4) is 0 Å². The summed E-state index contributed by atoms with van der Waals surface area (Å²) in [6.45, 7) is 2.95. The summed E-state index contributed by atoms with van der Waals surface area (Å²) >= 11 is 0. The van der Waals surface area contributed by atoms with Crippen molar-refractivity contribution in [3.63, 3.8) is 0 Å². The van der Waals surface area contributed by atoms with E-state index in [0.29, 0.717) is 5.78 Å². The van der Waals surface area contributed by atoms with Gasteiger partial charge in [0.1, 0.15) is 5.78 Å². The molecule has 0 spiro atoms. The highest BCUT2D eigenvalue weighted by molar-refractivity contribution is 5.82. The minimum absolute atomic E-state index is 0.260. The van der Waals surface area contributed by atoms with Crippen LogP contribution in [0.2, 0.25) is 0 Å². The number of likely N-dealkylation sites (N-methyl/N-ethyl adjacent to an activating group) is 1. The predicted octanol–water partition coefficient (Wildman–Crippen LogP) is 1.55. The van der Waals surface area contributed by atoms with Crippen molar-refractivity contribution >= 4 is 5.78 Å². The van der Waals surface area contributed by atoms with E-state index in [0.717, 1.165) is 23.7 Å². The summed E-state index contributed by atoms with van der Waals surface area (Å²) in [4.78, 5) is 13.9. The zero-order valence-electron chi connectivity index (χ0n) is 9.07. The number of carbonyl (C=O) groups is 1. The van der Waals surface area contributed by atoms with Crippen LogP contribution in [0.4, 0.5) is 0 Å². The summed E-state index contributed by atoms with van der Waals surface area (Å²) in [5.74, 6) is 3.80. The number of nitrogens with zero attached hydrogens (tertiary/aromatic N) is 1. The average Bonchev–Trinajstić information content (AvgIpc) is 2.70. The van der Waals surface area contributed by atoms with Gasteiger partial charge in [0.15, 0.2) is 0 Å². The second kappa shape index (κ2) is 2.82. The molecule has 5 unspecified atom stereocenters. The summed E-state index contributed by atoms with van der Waals surface area (Å²) < 4.78 is 0. The van der Waals surface area contributed by atoms with Crippen molar-refractivity contribution in [2.75, 3.05) is 13.6 Å². The number of fused-ring (bicyclic) bond motifs is 5. The molecule has 0 N–H and O–H groups in total.